The summed E-state index contributed by atoms with van der Waals surface area (Å²) in [5.41, 5.74) is 0.0505. The summed E-state index contributed by atoms with van der Waals surface area (Å²) in [5, 5.41) is 10.6. The summed E-state index contributed by atoms with van der Waals surface area (Å²) in [6, 6.07) is 5.14. The highest BCUT2D eigenvalue weighted by atomic mass is 79.9. The van der Waals surface area contributed by atoms with Gasteiger partial charge in [-0.05, 0) is 44.0 Å². The second-order valence-electron chi connectivity index (χ2n) is 3.87. The van der Waals surface area contributed by atoms with E-state index in [1.807, 2.05) is 0 Å². The number of hydrogen-bond donors (Lipinski definition) is 1. The third kappa shape index (κ3) is 3.77. The number of sulfonamides is 1. The van der Waals surface area contributed by atoms with Crippen molar-refractivity contribution < 1.29 is 13.3 Å². The molecule has 0 radical (unpaired) electrons. The minimum absolute atomic E-state index is 0.0258. The monoisotopic (exact) mass is 435 g/mol. The molecular weight excluding hydrogens is 430 g/mol. The van der Waals surface area contributed by atoms with Gasteiger partial charge < -0.3 is 0 Å². The fraction of sp³-hybridized carbons (Fsp3) is 0. The Hall–Kier alpha value is -1.52. The van der Waals surface area contributed by atoms with Gasteiger partial charge in [-0.1, -0.05) is 0 Å². The van der Waals surface area contributed by atoms with E-state index in [9.17, 15) is 18.5 Å². The molecule has 21 heavy (non-hydrogen) atoms. The van der Waals surface area contributed by atoms with Gasteiger partial charge in [0.25, 0.3) is 15.7 Å². The summed E-state index contributed by atoms with van der Waals surface area (Å²) in [6.07, 6.45) is 2.66. The third-order valence-electron chi connectivity index (χ3n) is 2.40. The molecule has 0 unspecified atom stereocenters. The van der Waals surface area contributed by atoms with Crippen LogP contribution in [-0.4, -0.2) is 18.3 Å². The standard InChI is InChI=1S/C11H7Br2N3O4S/c12-7-3-9(6-14-5-7)21(19,20)15-11-2-1-8(16(17)18)4-10(11)13/h1-6,15H. The molecule has 1 N–H and O–H groups in total. The molecule has 7 nitrogen and oxygen atoms in total. The number of benzene rings is 1. The predicted octanol–water partition coefficient (Wildman–Crippen LogP) is 3.32. The third-order valence-corrected chi connectivity index (χ3v) is 4.82. The van der Waals surface area contributed by atoms with Crippen LogP contribution in [-0.2, 0) is 10.0 Å². The highest BCUT2D eigenvalue weighted by molar-refractivity contribution is 9.10. The van der Waals surface area contributed by atoms with Crippen LogP contribution in [0.1, 0.15) is 0 Å². The summed E-state index contributed by atoms with van der Waals surface area (Å²) >= 11 is 6.24. The first kappa shape index (κ1) is 15.9. The molecule has 0 atom stereocenters. The molecule has 2 aromatic rings. The van der Waals surface area contributed by atoms with E-state index in [1.54, 1.807) is 0 Å². The smallest absolute Gasteiger partial charge is 0.270 e. The van der Waals surface area contributed by atoms with Gasteiger partial charge in [-0.25, -0.2) is 8.42 Å². The normalized spacial score (nSPS) is 11.1. The quantitative estimate of drug-likeness (QED) is 0.584. The maximum atomic E-state index is 12.2. The maximum Gasteiger partial charge on any atom is 0.270 e. The fourth-order valence-corrected chi connectivity index (χ4v) is 3.62. The lowest BCUT2D eigenvalue weighted by molar-refractivity contribution is -0.384. The van der Waals surface area contributed by atoms with Gasteiger partial charge in [0, 0.05) is 33.5 Å². The van der Waals surface area contributed by atoms with Crippen LogP contribution in [0.15, 0.2) is 50.5 Å². The van der Waals surface area contributed by atoms with Crippen LogP contribution >= 0.6 is 31.9 Å². The summed E-state index contributed by atoms with van der Waals surface area (Å²) in [6.45, 7) is 0. The summed E-state index contributed by atoms with van der Waals surface area (Å²) in [5.74, 6) is 0. The van der Waals surface area contributed by atoms with Crippen molar-refractivity contribution in [1.82, 2.24) is 4.98 Å². The van der Waals surface area contributed by atoms with Gasteiger partial charge in [0.15, 0.2) is 0 Å². The van der Waals surface area contributed by atoms with Crippen LogP contribution in [0.25, 0.3) is 0 Å². The van der Waals surface area contributed by atoms with Crippen LogP contribution in [0.3, 0.4) is 0 Å². The van der Waals surface area contributed by atoms with Crippen molar-refractivity contribution in [3.63, 3.8) is 0 Å². The number of anilines is 1. The lowest BCUT2D eigenvalue weighted by Gasteiger charge is -2.09. The zero-order valence-electron chi connectivity index (χ0n) is 10.2. The van der Waals surface area contributed by atoms with E-state index < -0.39 is 14.9 Å². The Balaban J connectivity index is 2.35. The molecule has 0 saturated heterocycles. The van der Waals surface area contributed by atoms with E-state index in [0.717, 1.165) is 0 Å². The van der Waals surface area contributed by atoms with Crippen molar-refractivity contribution in [1.29, 1.82) is 0 Å². The average Bonchev–Trinajstić information content (AvgIpc) is 2.40. The van der Waals surface area contributed by atoms with Crippen LogP contribution in [0, 0.1) is 10.1 Å². The van der Waals surface area contributed by atoms with Crippen LogP contribution in [0.2, 0.25) is 0 Å². The largest absolute Gasteiger partial charge is 0.278 e. The Labute approximate surface area is 136 Å². The molecule has 2 rings (SSSR count). The summed E-state index contributed by atoms with van der Waals surface area (Å²) < 4.78 is 27.5. The Bertz CT molecular complexity index is 811. The number of pyridine rings is 1. The molecule has 1 heterocycles. The van der Waals surface area contributed by atoms with Crippen LogP contribution in [0.5, 0.6) is 0 Å². The second kappa shape index (κ2) is 6.08. The number of hydrogen-bond acceptors (Lipinski definition) is 5. The van der Waals surface area contributed by atoms with Gasteiger partial charge in [-0.3, -0.25) is 19.8 Å². The molecule has 0 aliphatic carbocycles. The van der Waals surface area contributed by atoms with Crippen LogP contribution in [0.4, 0.5) is 11.4 Å². The number of nitro groups is 1. The number of nitrogens with one attached hydrogen (secondary N) is 1. The molecule has 1 aromatic carbocycles. The van der Waals surface area contributed by atoms with Crippen molar-refractivity contribution in [3.05, 3.63) is 55.7 Å². The number of aromatic nitrogens is 1. The molecule has 0 saturated carbocycles. The highest BCUT2D eigenvalue weighted by Crippen LogP contribution is 2.29. The first-order chi connectivity index (χ1) is 9.79. The maximum absolute atomic E-state index is 12.2. The van der Waals surface area contributed by atoms with Crippen molar-refractivity contribution in [2.45, 2.75) is 4.90 Å². The zero-order chi connectivity index (χ0) is 15.6. The summed E-state index contributed by atoms with van der Waals surface area (Å²) in [4.78, 5) is 13.8. The van der Waals surface area contributed by atoms with Gasteiger partial charge in [0.1, 0.15) is 4.90 Å². The first-order valence-electron chi connectivity index (χ1n) is 5.37. The number of nitro benzene ring substituents is 1. The van der Waals surface area contributed by atoms with Crippen molar-refractivity contribution in [3.8, 4) is 0 Å². The topological polar surface area (TPSA) is 102 Å². The molecule has 0 amide bonds. The van der Waals surface area contributed by atoms with E-state index in [0.29, 0.717) is 4.47 Å². The Kier molecular flexibility index (Phi) is 4.59. The predicted molar refractivity (Wildman–Crippen MR) is 83.5 cm³/mol. The van der Waals surface area contributed by atoms with Crippen molar-refractivity contribution in [2.24, 2.45) is 0 Å². The van der Waals surface area contributed by atoms with Gasteiger partial charge in [-0.15, -0.1) is 0 Å². The lowest BCUT2D eigenvalue weighted by Crippen LogP contribution is -2.13. The fourth-order valence-electron chi connectivity index (χ4n) is 1.44. The molecule has 0 fully saturated rings. The van der Waals surface area contributed by atoms with Gasteiger partial charge >= 0.3 is 0 Å². The molecule has 10 heteroatoms. The lowest BCUT2D eigenvalue weighted by atomic mass is 10.3. The molecule has 0 aliphatic heterocycles. The summed E-state index contributed by atoms with van der Waals surface area (Å²) in [7, 11) is -3.83. The van der Waals surface area contributed by atoms with E-state index in [4.69, 9.17) is 0 Å². The molecule has 1 aromatic heterocycles. The van der Waals surface area contributed by atoms with Crippen LogP contribution < -0.4 is 4.72 Å². The van der Waals surface area contributed by atoms with E-state index in [1.165, 1.54) is 36.7 Å². The van der Waals surface area contributed by atoms with E-state index >= 15 is 0 Å². The second-order valence-corrected chi connectivity index (χ2v) is 7.32. The number of rotatable bonds is 4. The number of non-ortho nitro benzene ring substituents is 1. The van der Waals surface area contributed by atoms with Gasteiger partial charge in [0.2, 0.25) is 0 Å². The minimum atomic E-state index is -3.83. The molecule has 110 valence electrons. The Morgan fingerprint density at radius 1 is 1.19 bits per heavy atom. The average molecular weight is 437 g/mol. The zero-order valence-corrected chi connectivity index (χ0v) is 14.1. The number of halogens is 2. The molecule has 0 bridgehead atoms. The molecule has 0 spiro atoms. The Morgan fingerprint density at radius 3 is 2.48 bits per heavy atom. The van der Waals surface area contributed by atoms with Gasteiger partial charge in [-0.2, -0.15) is 0 Å². The molecule has 0 aliphatic rings. The van der Waals surface area contributed by atoms with Crippen molar-refractivity contribution >= 4 is 53.3 Å². The Morgan fingerprint density at radius 2 is 1.90 bits per heavy atom. The van der Waals surface area contributed by atoms with Crippen molar-refractivity contribution in [2.75, 3.05) is 4.72 Å². The van der Waals surface area contributed by atoms with E-state index in [2.05, 4.69) is 41.6 Å². The SMILES string of the molecule is O=[N+]([O-])c1ccc(NS(=O)(=O)c2cncc(Br)c2)c(Br)c1. The van der Waals surface area contributed by atoms with Gasteiger partial charge in [0.05, 0.1) is 10.6 Å². The highest BCUT2D eigenvalue weighted by Gasteiger charge is 2.18. The first-order valence-corrected chi connectivity index (χ1v) is 8.44. The number of nitrogens with zero attached hydrogens (tertiary/aromatic N) is 2. The minimum Gasteiger partial charge on any atom is -0.278 e. The molecular formula is C11H7Br2N3O4S. The van der Waals surface area contributed by atoms with E-state index in [-0.39, 0.29) is 20.7 Å².